The fourth-order valence-corrected chi connectivity index (χ4v) is 12.1. The molecule has 1 unspecified atom stereocenters. The maximum Gasteiger partial charge on any atom is 0.319 e. The predicted molar refractivity (Wildman–Crippen MR) is 202 cm³/mol. The van der Waals surface area contributed by atoms with Gasteiger partial charge in [-0.2, -0.15) is 0 Å². The van der Waals surface area contributed by atoms with Crippen LogP contribution in [0.2, 0.25) is 0 Å². The summed E-state index contributed by atoms with van der Waals surface area (Å²) in [5, 5.41) is 2.35. The van der Waals surface area contributed by atoms with Crippen LogP contribution in [0, 0.1) is 23.7 Å². The molecule has 2 aromatic heterocycles. The molecule has 52 heavy (non-hydrogen) atoms. The Bertz CT molecular complexity index is 2110. The van der Waals surface area contributed by atoms with Crippen molar-refractivity contribution in [3.8, 4) is 5.75 Å². The molecule has 9 atom stereocenters. The van der Waals surface area contributed by atoms with Crippen molar-refractivity contribution >= 4 is 33.7 Å². The van der Waals surface area contributed by atoms with Crippen molar-refractivity contribution in [1.29, 1.82) is 0 Å². The van der Waals surface area contributed by atoms with Gasteiger partial charge in [-0.25, -0.2) is 0 Å². The molecule has 6 aliphatic rings. The predicted octanol–water partition coefficient (Wildman–Crippen LogP) is 6.49. The van der Waals surface area contributed by atoms with Gasteiger partial charge in [-0.05, 0) is 93.2 Å². The van der Waals surface area contributed by atoms with Gasteiger partial charge in [0.15, 0.2) is 0 Å². The topological polar surface area (TPSA) is 99.9 Å². The lowest BCUT2D eigenvalue weighted by Gasteiger charge is -2.57. The van der Waals surface area contributed by atoms with E-state index in [4.69, 9.17) is 14.2 Å². The van der Waals surface area contributed by atoms with Gasteiger partial charge in [0.05, 0.1) is 32.8 Å². The highest BCUT2D eigenvalue weighted by molar-refractivity contribution is 5.95. The zero-order valence-electron chi connectivity index (χ0n) is 31.4. The molecule has 6 heterocycles. The summed E-state index contributed by atoms with van der Waals surface area (Å²) in [4.78, 5) is 41.2. The van der Waals surface area contributed by atoms with Crippen molar-refractivity contribution in [2.45, 2.75) is 75.8 Å². The van der Waals surface area contributed by atoms with Crippen molar-refractivity contribution in [1.82, 2.24) is 19.8 Å². The Balaban J connectivity index is 1.32. The van der Waals surface area contributed by atoms with Crippen molar-refractivity contribution in [2.24, 2.45) is 23.7 Å². The van der Waals surface area contributed by atoms with Gasteiger partial charge in [-0.15, -0.1) is 0 Å². The van der Waals surface area contributed by atoms with Gasteiger partial charge < -0.3 is 24.2 Å². The molecule has 4 aromatic rings. The van der Waals surface area contributed by atoms with Gasteiger partial charge in [0.1, 0.15) is 11.2 Å². The highest BCUT2D eigenvalue weighted by Gasteiger charge is 2.63. The number of carbonyl (C=O) groups excluding carboxylic acids is 2. The largest absolute Gasteiger partial charge is 0.496 e. The second-order valence-corrected chi connectivity index (χ2v) is 16.3. The number of piperidine rings is 3. The zero-order valence-corrected chi connectivity index (χ0v) is 31.4. The second kappa shape index (κ2) is 12.5. The van der Waals surface area contributed by atoms with E-state index in [0.717, 1.165) is 78.7 Å². The first-order valence-electron chi connectivity index (χ1n) is 19.3. The summed E-state index contributed by atoms with van der Waals surface area (Å²) in [5.41, 5.74) is 8.43. The molecule has 0 radical (unpaired) electrons. The number of benzene rings is 2. The molecule has 2 aliphatic carbocycles. The molecule has 4 aliphatic heterocycles. The first kappa shape index (κ1) is 33.7. The molecule has 4 fully saturated rings. The average molecular weight is 705 g/mol. The second-order valence-electron chi connectivity index (χ2n) is 16.3. The Morgan fingerprint density at radius 1 is 1.02 bits per heavy atom. The lowest BCUT2D eigenvalue weighted by atomic mass is 9.56. The lowest BCUT2D eigenvalue weighted by molar-refractivity contribution is -0.162. The number of nitrogens with one attached hydrogen (secondary N) is 2. The number of likely N-dealkylation sites (N-methyl/N-ethyl adjacent to an activating group) is 1. The third-order valence-electron chi connectivity index (χ3n) is 14.2. The van der Waals surface area contributed by atoms with E-state index in [9.17, 15) is 9.59 Å². The number of ether oxygens (including phenoxy) is 3. The van der Waals surface area contributed by atoms with Crippen molar-refractivity contribution in [3.05, 3.63) is 76.1 Å². The first-order valence-corrected chi connectivity index (χ1v) is 19.3. The smallest absolute Gasteiger partial charge is 0.319 e. The number of hydrogen-bond acceptors (Lipinski definition) is 7. The van der Waals surface area contributed by atoms with Crippen LogP contribution >= 0.6 is 0 Å². The Morgan fingerprint density at radius 2 is 1.85 bits per heavy atom. The Labute approximate surface area is 306 Å². The van der Waals surface area contributed by atoms with Gasteiger partial charge in [0.25, 0.3) is 0 Å². The van der Waals surface area contributed by atoms with Crippen LogP contribution in [0.3, 0.4) is 0 Å². The van der Waals surface area contributed by atoms with Crippen molar-refractivity contribution < 1.29 is 23.8 Å². The van der Waals surface area contributed by atoms with Gasteiger partial charge in [0, 0.05) is 70.9 Å². The monoisotopic (exact) mass is 704 g/mol. The number of allylic oxidation sites excluding steroid dienone is 1. The van der Waals surface area contributed by atoms with Crippen LogP contribution in [0.1, 0.15) is 73.5 Å². The van der Waals surface area contributed by atoms with Crippen LogP contribution in [-0.2, 0) is 37.3 Å². The third-order valence-corrected chi connectivity index (χ3v) is 14.2. The molecule has 1 saturated carbocycles. The van der Waals surface area contributed by atoms with Crippen LogP contribution in [0.5, 0.6) is 5.75 Å². The number of esters is 2. The maximum absolute atomic E-state index is 14.4. The Hall–Kier alpha value is -4.08. The minimum absolute atomic E-state index is 0.00427. The molecular weight excluding hydrogens is 652 g/mol. The number of likely N-dealkylation sites (tertiary alicyclic amines) is 1. The first-order chi connectivity index (χ1) is 25.3. The van der Waals surface area contributed by atoms with E-state index in [0.29, 0.717) is 18.3 Å². The molecular formula is C43H52N4O5. The summed E-state index contributed by atoms with van der Waals surface area (Å²) in [6.07, 6.45) is 7.53. The number of hydrogen-bond donors (Lipinski definition) is 2. The van der Waals surface area contributed by atoms with E-state index in [1.807, 2.05) is 0 Å². The fraction of sp³-hybridized carbons (Fsp3) is 0.535. The van der Waals surface area contributed by atoms with E-state index in [-0.39, 0.29) is 41.8 Å². The molecule has 10 rings (SSSR count). The normalized spacial score (nSPS) is 33.2. The minimum atomic E-state index is -0.756. The maximum atomic E-state index is 14.4. The van der Waals surface area contributed by atoms with Gasteiger partial charge >= 0.3 is 11.9 Å². The quantitative estimate of drug-likeness (QED) is 0.181. The van der Waals surface area contributed by atoms with E-state index in [2.05, 4.69) is 83.1 Å². The number of para-hydroxylation sites is 1. The summed E-state index contributed by atoms with van der Waals surface area (Å²) in [6.45, 7) is 7.16. The standard InChI is InChI=1S/C43H52N4O5/c1-7-24-17-23-20-43(42(49)52-6)39-28(15-16-47(21-23)40(24)43)27-13-14-34(50-4)36(38(27)45-39)31-18-29-25(8-2)22-46(3)33(35(29)41(48)51-5)19-30-26-11-9-10-12-32(26)44-37(30)31/h8-14,23-24,29,31,33,35,40,44-45H,7,15-22H2,1-6H3/b25-8-/t23-,24+,29+,31-,33+,35+,40+,43-/m1/s1. The SMILES string of the molecule is C/C=C1/CN(C)[C@H]2Cc3c([nH]c4ccccc34)[C@@H](c3c(OC)ccc4c5c([nH]c34)[C@]3(C(=O)OC)C[C@H]4C[C@H](CC)[C@@H]3N(CC5)C4)C[C@@H]1[C@@H]2C(=O)OC. The molecule has 274 valence electrons. The molecule has 3 saturated heterocycles. The Morgan fingerprint density at radius 3 is 2.60 bits per heavy atom. The van der Waals surface area contributed by atoms with E-state index < -0.39 is 5.41 Å². The molecule has 2 N–H and O–H groups in total. The number of nitrogens with zero attached hydrogens (tertiary/aromatic N) is 2. The van der Waals surface area contributed by atoms with Gasteiger partial charge in [-0.3, -0.25) is 19.4 Å². The summed E-state index contributed by atoms with van der Waals surface area (Å²) < 4.78 is 17.7. The summed E-state index contributed by atoms with van der Waals surface area (Å²) >= 11 is 0. The average Bonchev–Trinajstić information content (AvgIpc) is 3.70. The number of rotatable bonds is 5. The van der Waals surface area contributed by atoms with Crippen LogP contribution in [0.15, 0.2) is 48.0 Å². The van der Waals surface area contributed by atoms with Crippen molar-refractivity contribution in [2.75, 3.05) is 48.0 Å². The van der Waals surface area contributed by atoms with Crippen LogP contribution in [0.25, 0.3) is 21.8 Å². The highest BCUT2D eigenvalue weighted by atomic mass is 16.5. The number of methoxy groups -OCH3 is 3. The van der Waals surface area contributed by atoms with Crippen LogP contribution in [-0.4, -0.2) is 91.8 Å². The molecule has 0 spiro atoms. The van der Waals surface area contributed by atoms with E-state index in [1.54, 1.807) is 14.2 Å². The van der Waals surface area contributed by atoms with Gasteiger partial charge in [0.2, 0.25) is 0 Å². The molecule has 9 nitrogen and oxygen atoms in total. The number of fused-ring (bicyclic) bond motifs is 9. The number of aromatic nitrogens is 2. The number of H-pyrrole nitrogens is 2. The Kier molecular flexibility index (Phi) is 8.12. The highest BCUT2D eigenvalue weighted by Crippen LogP contribution is 2.57. The summed E-state index contributed by atoms with van der Waals surface area (Å²) in [5.74, 6) is 0.960. The third kappa shape index (κ3) is 4.60. The number of aromatic amines is 2. The van der Waals surface area contributed by atoms with E-state index in [1.165, 1.54) is 41.3 Å². The summed E-state index contributed by atoms with van der Waals surface area (Å²) in [7, 11) is 6.98. The van der Waals surface area contributed by atoms with E-state index >= 15 is 0 Å². The fourth-order valence-electron chi connectivity index (χ4n) is 12.1. The summed E-state index contributed by atoms with van der Waals surface area (Å²) in [6, 6.07) is 13.0. The molecule has 6 bridgehead atoms. The van der Waals surface area contributed by atoms with Crippen LogP contribution in [0.4, 0.5) is 0 Å². The molecule has 2 aromatic carbocycles. The molecule has 9 heteroatoms. The lowest BCUT2D eigenvalue weighted by Crippen LogP contribution is -2.67. The molecule has 0 amide bonds. The van der Waals surface area contributed by atoms with Crippen LogP contribution < -0.4 is 4.74 Å². The number of carbonyl (C=O) groups is 2. The zero-order chi connectivity index (χ0) is 36.1. The minimum Gasteiger partial charge on any atom is -0.496 e. The van der Waals surface area contributed by atoms with Crippen molar-refractivity contribution in [3.63, 3.8) is 0 Å². The van der Waals surface area contributed by atoms with Gasteiger partial charge in [-0.1, -0.05) is 43.2 Å².